The van der Waals surface area contributed by atoms with Crippen LogP contribution in [0.3, 0.4) is 0 Å². The molecule has 0 spiro atoms. The molecule has 1 aliphatic rings. The van der Waals surface area contributed by atoms with Gasteiger partial charge in [-0.15, -0.1) is 0 Å². The minimum Gasteiger partial charge on any atom is -0.284 e. The number of nitrogens with zero attached hydrogens (tertiary/aromatic N) is 2. The van der Waals surface area contributed by atoms with Gasteiger partial charge >= 0.3 is 0 Å². The molecule has 7 heteroatoms. The van der Waals surface area contributed by atoms with E-state index in [1.165, 1.54) is 12.1 Å². The molecule has 0 atom stereocenters. The molecule has 1 heterocycles. The summed E-state index contributed by atoms with van der Waals surface area (Å²) in [4.78, 5) is 26.7. The maximum Gasteiger partial charge on any atom is 0.290 e. The smallest absolute Gasteiger partial charge is 0.284 e. The summed E-state index contributed by atoms with van der Waals surface area (Å²) in [6.07, 6.45) is 0. The van der Waals surface area contributed by atoms with E-state index >= 15 is 0 Å². The fourth-order valence-corrected chi connectivity index (χ4v) is 2.96. The number of amides is 2. The van der Waals surface area contributed by atoms with Crippen LogP contribution < -0.4 is 0 Å². The predicted octanol–water partition coefficient (Wildman–Crippen LogP) is 2.83. The first-order valence-electron chi connectivity index (χ1n) is 6.38. The van der Waals surface area contributed by atoms with E-state index in [1.807, 2.05) is 0 Å². The zero-order valence-electron chi connectivity index (χ0n) is 12.0. The van der Waals surface area contributed by atoms with Crippen molar-refractivity contribution in [3.8, 4) is 0 Å². The molecule has 0 aliphatic carbocycles. The Bertz CT molecular complexity index is 592. The van der Waals surface area contributed by atoms with Crippen molar-refractivity contribution < 1.29 is 18.4 Å². The van der Waals surface area contributed by atoms with Crippen LogP contribution in [0.15, 0.2) is 18.2 Å². The Hall–Kier alpha value is -1.47. The second-order valence-corrected chi connectivity index (χ2v) is 7.08. The molecule has 4 nitrogen and oxygen atoms in total. The third kappa shape index (κ3) is 3.41. The van der Waals surface area contributed by atoms with Gasteiger partial charge in [0.15, 0.2) is 0 Å². The predicted molar refractivity (Wildman–Crippen MR) is 76.6 cm³/mol. The van der Waals surface area contributed by atoms with Crippen LogP contribution in [0.2, 0.25) is 0 Å². The van der Waals surface area contributed by atoms with Crippen molar-refractivity contribution >= 4 is 22.9 Å². The van der Waals surface area contributed by atoms with Crippen molar-refractivity contribution in [1.29, 1.82) is 0 Å². The Morgan fingerprint density at radius 1 is 1.29 bits per heavy atom. The molecule has 1 fully saturated rings. The number of carbonyl (C=O) groups excluding carboxylic acids is 2. The van der Waals surface area contributed by atoms with Crippen molar-refractivity contribution in [1.82, 2.24) is 9.80 Å². The lowest BCUT2D eigenvalue weighted by Crippen LogP contribution is -2.42. The highest BCUT2D eigenvalue weighted by Crippen LogP contribution is 2.36. The number of thioether (sulfide) groups is 1. The first kappa shape index (κ1) is 15.9. The molecule has 1 aromatic carbocycles. The highest BCUT2D eigenvalue weighted by Gasteiger charge is 2.46. The Morgan fingerprint density at radius 3 is 2.48 bits per heavy atom. The molecule has 1 aliphatic heterocycles. The van der Waals surface area contributed by atoms with Crippen LogP contribution >= 0.6 is 11.8 Å². The maximum absolute atomic E-state index is 13.6. The Balaban J connectivity index is 2.04. The highest BCUT2D eigenvalue weighted by atomic mass is 32.2. The molecule has 0 N–H and O–H groups in total. The average Bonchev–Trinajstić information content (AvgIpc) is 2.55. The monoisotopic (exact) mass is 314 g/mol. The van der Waals surface area contributed by atoms with E-state index in [-0.39, 0.29) is 24.4 Å². The molecule has 0 saturated carbocycles. The molecule has 0 radical (unpaired) electrons. The third-order valence-corrected chi connectivity index (χ3v) is 4.24. The summed E-state index contributed by atoms with van der Waals surface area (Å²) in [6, 6.07) is 3.35. The van der Waals surface area contributed by atoms with Crippen molar-refractivity contribution in [2.75, 3.05) is 13.7 Å². The Kier molecular flexibility index (Phi) is 4.34. The van der Waals surface area contributed by atoms with Crippen LogP contribution in [0.25, 0.3) is 0 Å². The minimum atomic E-state index is -0.765. The van der Waals surface area contributed by atoms with Crippen molar-refractivity contribution in [2.45, 2.75) is 25.1 Å². The van der Waals surface area contributed by atoms with E-state index in [9.17, 15) is 18.4 Å². The molecule has 2 amide bonds. The van der Waals surface area contributed by atoms with Gasteiger partial charge in [0.25, 0.3) is 5.24 Å². The van der Waals surface area contributed by atoms with Gasteiger partial charge in [-0.05, 0) is 38.7 Å². The molecule has 0 unspecified atom stereocenters. The summed E-state index contributed by atoms with van der Waals surface area (Å²) in [5, 5.41) is -0.309. The summed E-state index contributed by atoms with van der Waals surface area (Å²) >= 11 is 0.979. The third-order valence-electron chi connectivity index (χ3n) is 3.16. The van der Waals surface area contributed by atoms with E-state index in [1.54, 1.807) is 25.8 Å². The van der Waals surface area contributed by atoms with Gasteiger partial charge in [0.1, 0.15) is 11.6 Å². The first-order chi connectivity index (χ1) is 9.70. The lowest BCUT2D eigenvalue weighted by molar-refractivity contribution is -0.130. The molecular weight excluding hydrogens is 298 g/mol. The number of halogens is 2. The summed E-state index contributed by atoms with van der Waals surface area (Å²) in [5.74, 6) is -1.54. The lowest BCUT2D eigenvalue weighted by atomic mass is 10.2. The van der Waals surface area contributed by atoms with E-state index in [4.69, 9.17) is 0 Å². The molecule has 114 valence electrons. The number of hydrogen-bond acceptors (Lipinski definition) is 4. The van der Waals surface area contributed by atoms with Crippen molar-refractivity contribution in [3.63, 3.8) is 0 Å². The SMILES string of the molecule is CN(Cc1ccc(F)cc1F)CN1C(=O)SC(C)(C)C1=O. The zero-order chi connectivity index (χ0) is 15.8. The fraction of sp³-hybridized carbons (Fsp3) is 0.429. The average molecular weight is 314 g/mol. The van der Waals surface area contributed by atoms with E-state index in [0.29, 0.717) is 5.56 Å². The van der Waals surface area contributed by atoms with Crippen LogP contribution in [0.4, 0.5) is 13.6 Å². The topological polar surface area (TPSA) is 40.6 Å². The summed E-state index contributed by atoms with van der Waals surface area (Å²) in [5.41, 5.74) is 0.310. The van der Waals surface area contributed by atoms with Gasteiger partial charge in [0.2, 0.25) is 5.91 Å². The van der Waals surface area contributed by atoms with E-state index < -0.39 is 16.4 Å². The standard InChI is InChI=1S/C14H16F2N2O2S/c1-14(2)12(19)18(13(20)21-14)8-17(3)7-9-4-5-10(15)6-11(9)16/h4-6H,7-8H2,1-3H3. The number of hydrogen-bond donors (Lipinski definition) is 0. The minimum absolute atomic E-state index is 0.0743. The second kappa shape index (κ2) is 5.73. The summed E-state index contributed by atoms with van der Waals surface area (Å²) in [7, 11) is 1.67. The van der Waals surface area contributed by atoms with Gasteiger partial charge in [0, 0.05) is 18.2 Å². The molecule has 2 rings (SSSR count). The van der Waals surface area contributed by atoms with Gasteiger partial charge in [-0.3, -0.25) is 19.4 Å². The van der Waals surface area contributed by atoms with Gasteiger partial charge in [-0.1, -0.05) is 6.07 Å². The highest BCUT2D eigenvalue weighted by molar-refractivity contribution is 8.16. The zero-order valence-corrected chi connectivity index (χ0v) is 12.8. The van der Waals surface area contributed by atoms with Crippen molar-refractivity contribution in [3.05, 3.63) is 35.4 Å². The quantitative estimate of drug-likeness (QED) is 0.857. The van der Waals surface area contributed by atoms with E-state index in [0.717, 1.165) is 22.7 Å². The molecule has 0 aromatic heterocycles. The van der Waals surface area contributed by atoms with Gasteiger partial charge in [-0.25, -0.2) is 8.78 Å². The molecule has 21 heavy (non-hydrogen) atoms. The molecular formula is C14H16F2N2O2S. The number of imide groups is 1. The molecule has 1 saturated heterocycles. The van der Waals surface area contributed by atoms with Gasteiger partial charge < -0.3 is 0 Å². The second-order valence-electron chi connectivity index (χ2n) is 5.50. The van der Waals surface area contributed by atoms with Crippen LogP contribution in [0, 0.1) is 11.6 Å². The number of carbonyl (C=O) groups is 2. The summed E-state index contributed by atoms with van der Waals surface area (Å²) < 4.78 is 25.7. The molecule has 0 bridgehead atoms. The summed E-state index contributed by atoms with van der Waals surface area (Å²) in [6.45, 7) is 3.63. The number of rotatable bonds is 4. The van der Waals surface area contributed by atoms with E-state index in [2.05, 4.69) is 0 Å². The lowest BCUT2D eigenvalue weighted by Gasteiger charge is -2.23. The Labute approximate surface area is 126 Å². The Morgan fingerprint density at radius 2 is 1.95 bits per heavy atom. The van der Waals surface area contributed by atoms with Crippen LogP contribution in [-0.4, -0.2) is 39.4 Å². The first-order valence-corrected chi connectivity index (χ1v) is 7.20. The fourth-order valence-electron chi connectivity index (χ4n) is 2.08. The van der Waals surface area contributed by atoms with Crippen molar-refractivity contribution in [2.24, 2.45) is 0 Å². The van der Waals surface area contributed by atoms with Gasteiger partial charge in [-0.2, -0.15) is 0 Å². The number of benzene rings is 1. The van der Waals surface area contributed by atoms with Crippen LogP contribution in [-0.2, 0) is 11.3 Å². The largest absolute Gasteiger partial charge is 0.290 e. The van der Waals surface area contributed by atoms with Crippen LogP contribution in [0.1, 0.15) is 19.4 Å². The normalized spacial score (nSPS) is 17.9. The van der Waals surface area contributed by atoms with Crippen LogP contribution in [0.5, 0.6) is 0 Å². The maximum atomic E-state index is 13.6. The van der Waals surface area contributed by atoms with Gasteiger partial charge in [0.05, 0.1) is 11.4 Å². The molecule has 1 aromatic rings.